The molecule has 2 aromatic carbocycles. The smallest absolute Gasteiger partial charge is 0.251 e. The zero-order chi connectivity index (χ0) is 25.4. The number of benzene rings is 2. The summed E-state index contributed by atoms with van der Waals surface area (Å²) < 4.78 is 30.2. The van der Waals surface area contributed by atoms with Gasteiger partial charge in [-0.3, -0.25) is 9.20 Å². The highest BCUT2D eigenvalue weighted by Crippen LogP contribution is 2.30. The van der Waals surface area contributed by atoms with Crippen molar-refractivity contribution < 1.29 is 13.6 Å². The van der Waals surface area contributed by atoms with Crippen LogP contribution in [0.3, 0.4) is 0 Å². The Morgan fingerprint density at radius 1 is 1.14 bits per heavy atom. The van der Waals surface area contributed by atoms with Crippen LogP contribution in [0.15, 0.2) is 42.6 Å². The molecule has 2 fully saturated rings. The van der Waals surface area contributed by atoms with Crippen LogP contribution >= 0.6 is 0 Å². The van der Waals surface area contributed by atoms with Crippen molar-refractivity contribution in [2.75, 3.05) is 32.7 Å². The van der Waals surface area contributed by atoms with E-state index in [9.17, 15) is 9.18 Å². The summed E-state index contributed by atoms with van der Waals surface area (Å²) in [6.45, 7) is 3.96. The van der Waals surface area contributed by atoms with Crippen molar-refractivity contribution in [3.05, 3.63) is 59.5 Å². The molecule has 2 saturated heterocycles. The van der Waals surface area contributed by atoms with Crippen LogP contribution in [0.1, 0.15) is 54.1 Å². The lowest BCUT2D eigenvalue weighted by Crippen LogP contribution is -2.36. The lowest BCUT2D eigenvalue weighted by Gasteiger charge is -2.28. The van der Waals surface area contributed by atoms with Gasteiger partial charge in [0.05, 0.1) is 16.7 Å². The number of fused-ring (bicyclic) bond motifs is 3. The first kappa shape index (κ1) is 24.1. The lowest BCUT2D eigenvalue weighted by molar-refractivity contribution is 0.0950. The minimum atomic E-state index is -0.671. The highest BCUT2D eigenvalue weighted by Gasteiger charge is 2.20. The lowest BCUT2D eigenvalue weighted by atomic mass is 10.0. The topological polar surface area (TPSA) is 77.5 Å². The quantitative estimate of drug-likeness (QED) is 0.320. The van der Waals surface area contributed by atoms with Crippen LogP contribution in [0.25, 0.3) is 28.1 Å². The van der Waals surface area contributed by atoms with Gasteiger partial charge in [0.2, 0.25) is 5.78 Å². The summed E-state index contributed by atoms with van der Waals surface area (Å²) in [5, 5.41) is 6.39. The third-order valence-electron chi connectivity index (χ3n) is 7.66. The van der Waals surface area contributed by atoms with Gasteiger partial charge in [-0.15, -0.1) is 0 Å². The molecule has 2 aromatic heterocycles. The normalized spacial score (nSPS) is 19.2. The van der Waals surface area contributed by atoms with Crippen molar-refractivity contribution in [2.24, 2.45) is 0 Å². The van der Waals surface area contributed by atoms with Crippen LogP contribution in [-0.4, -0.2) is 64.1 Å². The van der Waals surface area contributed by atoms with Crippen LogP contribution < -0.4 is 10.6 Å². The SMILES string of the molecule is O=C(NCCCN1CCC(F)CC1)c1ccc2nc3[nH]c(-c4ccc([C@@H]5CCCN5)cc4F)cn3c2c1. The Hall–Kier alpha value is -3.30. The molecule has 0 saturated carbocycles. The fourth-order valence-corrected chi connectivity index (χ4v) is 5.54. The number of hydrogen-bond acceptors (Lipinski definition) is 4. The molecule has 1 amide bonds. The standard InChI is InChI=1S/C28H32F2N6O/c29-20-8-13-35(14-9-20)12-2-11-32-27(37)19-5-7-24-26(16-19)36-17-25(34-28(36)33-24)21-6-4-18(15-22(21)30)23-3-1-10-31-23/h4-7,15-17,20,23,31H,1-3,8-14H2,(H,32,37)(H,33,34)/t23-/m0/s1. The molecule has 7 nitrogen and oxygen atoms in total. The number of piperidine rings is 1. The van der Waals surface area contributed by atoms with Gasteiger partial charge in [0.1, 0.15) is 12.0 Å². The van der Waals surface area contributed by atoms with Crippen molar-refractivity contribution in [2.45, 2.75) is 44.3 Å². The van der Waals surface area contributed by atoms with Crippen LogP contribution in [0.5, 0.6) is 0 Å². The fraction of sp³-hybridized carbons (Fsp3) is 0.429. The van der Waals surface area contributed by atoms with Crippen LogP contribution in [0.2, 0.25) is 0 Å². The summed E-state index contributed by atoms with van der Waals surface area (Å²) in [5.41, 5.74) is 4.19. The molecule has 0 radical (unpaired) electrons. The highest BCUT2D eigenvalue weighted by atomic mass is 19.1. The third kappa shape index (κ3) is 4.98. The number of carbonyl (C=O) groups excluding carboxylic acids is 1. The third-order valence-corrected chi connectivity index (χ3v) is 7.66. The summed E-state index contributed by atoms with van der Waals surface area (Å²) in [4.78, 5) is 22.9. The summed E-state index contributed by atoms with van der Waals surface area (Å²) in [6, 6.07) is 11.0. The van der Waals surface area contributed by atoms with E-state index in [0.717, 1.165) is 62.0 Å². The van der Waals surface area contributed by atoms with Crippen LogP contribution in [-0.2, 0) is 0 Å². The van der Waals surface area contributed by atoms with Gasteiger partial charge in [0.25, 0.3) is 5.91 Å². The number of alkyl halides is 1. The molecule has 3 N–H and O–H groups in total. The molecule has 9 heteroatoms. The van der Waals surface area contributed by atoms with E-state index in [1.807, 2.05) is 34.9 Å². The van der Waals surface area contributed by atoms with Crippen molar-refractivity contribution in [1.82, 2.24) is 29.9 Å². The predicted molar refractivity (Wildman–Crippen MR) is 140 cm³/mol. The molecule has 37 heavy (non-hydrogen) atoms. The first-order chi connectivity index (χ1) is 18.0. The number of H-pyrrole nitrogens is 1. The number of halogens is 2. The van der Waals surface area contributed by atoms with Gasteiger partial charge in [-0.25, -0.2) is 13.8 Å². The molecule has 0 spiro atoms. The Balaban J connectivity index is 1.15. The molecular formula is C28H32F2N6O. The Morgan fingerprint density at radius 3 is 2.78 bits per heavy atom. The number of rotatable bonds is 7. The maximum Gasteiger partial charge on any atom is 0.251 e. The van der Waals surface area contributed by atoms with Gasteiger partial charge in [-0.2, -0.15) is 0 Å². The molecule has 4 aromatic rings. The van der Waals surface area contributed by atoms with E-state index >= 15 is 4.39 Å². The summed E-state index contributed by atoms with van der Waals surface area (Å²) in [5.74, 6) is 0.187. The maximum atomic E-state index is 15.0. The number of imidazole rings is 2. The number of hydrogen-bond donors (Lipinski definition) is 3. The molecular weight excluding hydrogens is 474 g/mol. The maximum absolute atomic E-state index is 15.0. The summed E-state index contributed by atoms with van der Waals surface area (Å²) in [7, 11) is 0. The van der Waals surface area contributed by atoms with Crippen LogP contribution in [0.4, 0.5) is 8.78 Å². The van der Waals surface area contributed by atoms with E-state index in [4.69, 9.17) is 0 Å². The van der Waals surface area contributed by atoms with Crippen molar-refractivity contribution in [3.8, 4) is 11.3 Å². The van der Waals surface area contributed by atoms with E-state index < -0.39 is 6.17 Å². The summed E-state index contributed by atoms with van der Waals surface area (Å²) in [6.07, 6.45) is 5.32. The largest absolute Gasteiger partial charge is 0.352 e. The van der Waals surface area contributed by atoms with Gasteiger partial charge in [-0.05, 0) is 81.1 Å². The second-order valence-corrected chi connectivity index (χ2v) is 10.2. The Morgan fingerprint density at radius 2 is 2.00 bits per heavy atom. The molecule has 2 aliphatic heterocycles. The molecule has 2 aliphatic rings. The molecule has 194 valence electrons. The fourth-order valence-electron chi connectivity index (χ4n) is 5.54. The minimum Gasteiger partial charge on any atom is -0.352 e. The first-order valence-corrected chi connectivity index (χ1v) is 13.2. The molecule has 0 aliphatic carbocycles. The van der Waals surface area contributed by atoms with E-state index in [1.54, 1.807) is 12.1 Å². The van der Waals surface area contributed by atoms with E-state index in [1.165, 1.54) is 0 Å². The van der Waals surface area contributed by atoms with Crippen molar-refractivity contribution in [3.63, 3.8) is 0 Å². The van der Waals surface area contributed by atoms with Gasteiger partial charge < -0.3 is 20.5 Å². The monoisotopic (exact) mass is 506 g/mol. The zero-order valence-electron chi connectivity index (χ0n) is 20.8. The average molecular weight is 507 g/mol. The number of amides is 1. The Bertz CT molecular complexity index is 1420. The average Bonchev–Trinajstić information content (AvgIpc) is 3.64. The van der Waals surface area contributed by atoms with Gasteiger partial charge in [0, 0.05) is 43.0 Å². The Labute approximate surface area is 214 Å². The van der Waals surface area contributed by atoms with Gasteiger partial charge in [-0.1, -0.05) is 6.07 Å². The second kappa shape index (κ2) is 10.2. The molecule has 6 rings (SSSR count). The van der Waals surface area contributed by atoms with Gasteiger partial charge in [0.15, 0.2) is 0 Å². The molecule has 0 unspecified atom stereocenters. The van der Waals surface area contributed by atoms with E-state index in [0.29, 0.717) is 42.0 Å². The second-order valence-electron chi connectivity index (χ2n) is 10.2. The summed E-state index contributed by atoms with van der Waals surface area (Å²) >= 11 is 0. The molecule has 0 bridgehead atoms. The number of aromatic amines is 1. The molecule has 1 atom stereocenters. The number of nitrogens with zero attached hydrogens (tertiary/aromatic N) is 3. The molecule has 4 heterocycles. The van der Waals surface area contributed by atoms with Gasteiger partial charge >= 0.3 is 0 Å². The van der Waals surface area contributed by atoms with Crippen LogP contribution in [0, 0.1) is 5.82 Å². The predicted octanol–water partition coefficient (Wildman–Crippen LogP) is 4.60. The minimum absolute atomic E-state index is 0.141. The van der Waals surface area contributed by atoms with E-state index in [-0.39, 0.29) is 17.8 Å². The highest BCUT2D eigenvalue weighted by molar-refractivity contribution is 5.98. The Kier molecular flexibility index (Phi) is 6.65. The number of nitrogens with one attached hydrogen (secondary N) is 3. The van der Waals surface area contributed by atoms with E-state index in [2.05, 4.69) is 25.5 Å². The van der Waals surface area contributed by atoms with Crippen molar-refractivity contribution >= 4 is 22.7 Å². The number of carbonyl (C=O) groups is 1. The first-order valence-electron chi connectivity index (χ1n) is 13.2. The van der Waals surface area contributed by atoms with Crippen molar-refractivity contribution in [1.29, 1.82) is 0 Å². The zero-order valence-corrected chi connectivity index (χ0v) is 20.8. The number of aromatic nitrogens is 3. The number of likely N-dealkylation sites (tertiary alicyclic amines) is 1.